The Kier molecular flexibility index (Phi) is 8.96. The molecule has 0 radical (unpaired) electrons. The summed E-state index contributed by atoms with van der Waals surface area (Å²) in [6, 6.07) is 2.87. The van der Waals surface area contributed by atoms with Crippen LogP contribution in [0.15, 0.2) is 12.1 Å². The monoisotopic (exact) mass is 374 g/mol. The molecule has 0 saturated heterocycles. The van der Waals surface area contributed by atoms with Gasteiger partial charge < -0.3 is 15.8 Å². The number of methoxy groups -OCH3 is 1. The number of hydrogen-bond donors (Lipinski definition) is 2. The predicted molar refractivity (Wildman–Crippen MR) is 107 cm³/mol. The van der Waals surface area contributed by atoms with Crippen molar-refractivity contribution in [3.8, 4) is 18.6 Å². The van der Waals surface area contributed by atoms with Crippen LogP contribution in [0.5, 0.6) is 5.75 Å². The van der Waals surface area contributed by atoms with Gasteiger partial charge in [0, 0.05) is 17.9 Å². The Hall–Kier alpha value is -2.92. The van der Waals surface area contributed by atoms with Crippen LogP contribution in [0.1, 0.15) is 32.5 Å². The van der Waals surface area contributed by atoms with Crippen molar-refractivity contribution in [1.82, 2.24) is 24.9 Å². The van der Waals surface area contributed by atoms with Crippen molar-refractivity contribution >= 4 is 22.5 Å². The Morgan fingerprint density at radius 3 is 2.56 bits per heavy atom. The van der Waals surface area contributed by atoms with Gasteiger partial charge >= 0.3 is 0 Å². The Balaban J connectivity index is 0.000000855. The minimum absolute atomic E-state index is 0.126. The van der Waals surface area contributed by atoms with Crippen molar-refractivity contribution in [3.05, 3.63) is 23.8 Å². The molecule has 0 spiro atoms. The van der Waals surface area contributed by atoms with Crippen LogP contribution in [0.4, 0.5) is 10.3 Å². The van der Waals surface area contributed by atoms with E-state index in [1.807, 2.05) is 20.9 Å². The van der Waals surface area contributed by atoms with E-state index in [9.17, 15) is 4.39 Å². The number of anilines is 1. The summed E-state index contributed by atoms with van der Waals surface area (Å²) in [6.07, 6.45) is 10.7. The molecule has 8 heteroatoms. The van der Waals surface area contributed by atoms with Gasteiger partial charge in [0.2, 0.25) is 5.95 Å². The molecule has 2 aromatic heterocycles. The molecule has 3 aromatic rings. The highest BCUT2D eigenvalue weighted by atomic mass is 19.1. The minimum Gasteiger partial charge on any atom is -0.494 e. The van der Waals surface area contributed by atoms with Crippen LogP contribution in [0.25, 0.3) is 16.6 Å². The Morgan fingerprint density at radius 2 is 1.93 bits per heavy atom. The summed E-state index contributed by atoms with van der Waals surface area (Å²) in [6.45, 7) is 4.95. The number of benzene rings is 1. The number of aromatic nitrogens is 4. The molecule has 0 aliphatic rings. The van der Waals surface area contributed by atoms with E-state index in [0.29, 0.717) is 22.4 Å². The van der Waals surface area contributed by atoms with Gasteiger partial charge in [-0.3, -0.25) is 0 Å². The summed E-state index contributed by atoms with van der Waals surface area (Å²) in [4.78, 5) is 8.76. The lowest BCUT2D eigenvalue weighted by atomic mass is 10.2. The van der Waals surface area contributed by atoms with E-state index in [1.165, 1.54) is 23.8 Å². The fraction of sp³-hybridized carbons (Fsp3) is 0.421. The molecule has 0 atom stereocenters. The molecular weight excluding hydrogens is 347 g/mol. The third kappa shape index (κ3) is 5.05. The van der Waals surface area contributed by atoms with Crippen LogP contribution < -0.4 is 15.8 Å². The first-order valence-corrected chi connectivity index (χ1v) is 8.80. The maximum absolute atomic E-state index is 14.0. The fourth-order valence-corrected chi connectivity index (χ4v) is 2.52. The van der Waals surface area contributed by atoms with Crippen molar-refractivity contribution < 1.29 is 9.13 Å². The first-order valence-electron chi connectivity index (χ1n) is 8.80. The molecule has 0 saturated carbocycles. The summed E-state index contributed by atoms with van der Waals surface area (Å²) in [5.41, 5.74) is 6.99. The lowest BCUT2D eigenvalue weighted by Gasteiger charge is -2.05. The number of terminal acetylenes is 1. The lowest BCUT2D eigenvalue weighted by Crippen LogP contribution is -2.07. The van der Waals surface area contributed by atoms with Crippen molar-refractivity contribution in [3.63, 3.8) is 0 Å². The molecule has 2 heterocycles. The zero-order valence-corrected chi connectivity index (χ0v) is 16.3. The first-order chi connectivity index (χ1) is 13.1. The number of unbranched alkanes of at least 4 members (excludes halogenated alkanes) is 1. The maximum Gasteiger partial charge on any atom is 0.223 e. The van der Waals surface area contributed by atoms with Crippen LogP contribution >= 0.6 is 0 Å². The van der Waals surface area contributed by atoms with E-state index in [0.717, 1.165) is 25.8 Å². The van der Waals surface area contributed by atoms with E-state index in [2.05, 4.69) is 33.2 Å². The smallest absolute Gasteiger partial charge is 0.223 e. The standard InChI is InChI=1S/C15H19FN6O.C2H6.C2H2/c1-18-6-4-3-5-13-20-14-9-7-10(16)12(23-2)8-11(9)19-15(17)22(14)21-13;2*1-2/h7-8,18H,3-6H2,1-2H3,(H2,17,19);1-2H3;1-2H. The number of halogens is 1. The summed E-state index contributed by atoms with van der Waals surface area (Å²) in [5, 5.41) is 8.04. The number of fused-ring (bicyclic) bond motifs is 3. The molecule has 0 unspecified atom stereocenters. The van der Waals surface area contributed by atoms with E-state index in [-0.39, 0.29) is 11.7 Å². The van der Waals surface area contributed by atoms with Crippen LogP contribution in [0.2, 0.25) is 0 Å². The quantitative estimate of drug-likeness (QED) is 0.509. The molecule has 3 rings (SSSR count). The molecule has 0 bridgehead atoms. The number of nitrogens with one attached hydrogen (secondary N) is 1. The van der Waals surface area contributed by atoms with Gasteiger partial charge in [0.15, 0.2) is 23.0 Å². The predicted octanol–water partition coefficient (Wildman–Crippen LogP) is 2.83. The van der Waals surface area contributed by atoms with Gasteiger partial charge in [0.05, 0.1) is 12.6 Å². The molecule has 27 heavy (non-hydrogen) atoms. The van der Waals surface area contributed by atoms with Gasteiger partial charge in [0.25, 0.3) is 0 Å². The summed E-state index contributed by atoms with van der Waals surface area (Å²) >= 11 is 0. The number of nitrogens with two attached hydrogens (primary N) is 1. The molecule has 146 valence electrons. The molecule has 0 fully saturated rings. The van der Waals surface area contributed by atoms with Crippen LogP contribution in [-0.4, -0.2) is 40.3 Å². The second-order valence-corrected chi connectivity index (χ2v) is 5.30. The third-order valence-corrected chi connectivity index (χ3v) is 3.69. The maximum atomic E-state index is 14.0. The highest BCUT2D eigenvalue weighted by molar-refractivity contribution is 5.93. The van der Waals surface area contributed by atoms with E-state index >= 15 is 0 Å². The van der Waals surface area contributed by atoms with Crippen LogP contribution in [0.3, 0.4) is 0 Å². The second kappa shape index (κ2) is 10.9. The normalized spacial score (nSPS) is 10.0. The fourth-order valence-electron chi connectivity index (χ4n) is 2.52. The SMILES string of the molecule is C#C.CC.CNCCCCc1nc2c3cc(F)c(OC)cc3nc(N)n2n1. The van der Waals surface area contributed by atoms with Crippen molar-refractivity contribution in [2.24, 2.45) is 0 Å². The topological polar surface area (TPSA) is 90.4 Å². The average molecular weight is 374 g/mol. The van der Waals surface area contributed by atoms with Gasteiger partial charge in [-0.15, -0.1) is 17.9 Å². The van der Waals surface area contributed by atoms with E-state index in [1.54, 1.807) is 0 Å². The Morgan fingerprint density at radius 1 is 1.22 bits per heavy atom. The van der Waals surface area contributed by atoms with Gasteiger partial charge in [-0.25, -0.2) is 14.4 Å². The zero-order valence-electron chi connectivity index (χ0n) is 16.3. The number of rotatable bonds is 6. The van der Waals surface area contributed by atoms with Gasteiger partial charge in [-0.05, 0) is 32.5 Å². The summed E-state index contributed by atoms with van der Waals surface area (Å²) in [5.74, 6) is 0.557. The average Bonchev–Trinajstić information content (AvgIpc) is 3.14. The highest BCUT2D eigenvalue weighted by Crippen LogP contribution is 2.27. The molecule has 0 amide bonds. The number of nitrogens with zero attached hydrogens (tertiary/aromatic N) is 4. The molecule has 1 aromatic carbocycles. The molecule has 3 N–H and O–H groups in total. The van der Waals surface area contributed by atoms with E-state index < -0.39 is 5.82 Å². The Labute approximate surface area is 159 Å². The van der Waals surface area contributed by atoms with Gasteiger partial charge in [0.1, 0.15) is 0 Å². The number of ether oxygens (including phenoxy) is 1. The Bertz CT molecular complexity index is 890. The van der Waals surface area contributed by atoms with Crippen molar-refractivity contribution in [1.29, 1.82) is 0 Å². The number of nitrogen functional groups attached to an aromatic ring is 1. The molecule has 0 aliphatic carbocycles. The summed E-state index contributed by atoms with van der Waals surface area (Å²) in [7, 11) is 3.33. The number of hydrogen-bond acceptors (Lipinski definition) is 6. The number of aryl methyl sites for hydroxylation is 1. The van der Waals surface area contributed by atoms with Crippen LogP contribution in [0, 0.1) is 18.7 Å². The largest absolute Gasteiger partial charge is 0.494 e. The molecule has 0 aliphatic heterocycles. The van der Waals surface area contributed by atoms with Gasteiger partial charge in [-0.1, -0.05) is 13.8 Å². The lowest BCUT2D eigenvalue weighted by molar-refractivity contribution is 0.387. The van der Waals surface area contributed by atoms with E-state index in [4.69, 9.17) is 10.5 Å². The van der Waals surface area contributed by atoms with Crippen molar-refractivity contribution in [2.75, 3.05) is 26.4 Å². The minimum atomic E-state index is -0.466. The molecule has 7 nitrogen and oxygen atoms in total. The first kappa shape index (κ1) is 22.1. The van der Waals surface area contributed by atoms with Crippen molar-refractivity contribution in [2.45, 2.75) is 33.1 Å². The third-order valence-electron chi connectivity index (χ3n) is 3.69. The summed E-state index contributed by atoms with van der Waals surface area (Å²) < 4.78 is 20.4. The van der Waals surface area contributed by atoms with Crippen LogP contribution in [-0.2, 0) is 6.42 Å². The second-order valence-electron chi connectivity index (χ2n) is 5.30. The zero-order chi connectivity index (χ0) is 20.4. The van der Waals surface area contributed by atoms with Gasteiger partial charge in [-0.2, -0.15) is 4.52 Å². The molecular formula is C19H27FN6O. The highest BCUT2D eigenvalue weighted by Gasteiger charge is 2.14.